The molecule has 0 spiro atoms. The van der Waals surface area contributed by atoms with Gasteiger partial charge in [0.1, 0.15) is 12.0 Å². The molecule has 21 heavy (non-hydrogen) atoms. The lowest BCUT2D eigenvalue weighted by atomic mass is 10.1. The minimum Gasteiger partial charge on any atom is -0.365 e. The van der Waals surface area contributed by atoms with Crippen LogP contribution in [0.2, 0.25) is 0 Å². The van der Waals surface area contributed by atoms with Gasteiger partial charge in [-0.25, -0.2) is 4.98 Å². The Kier molecular flexibility index (Phi) is 4.50. The van der Waals surface area contributed by atoms with Crippen molar-refractivity contribution in [2.24, 2.45) is 0 Å². The van der Waals surface area contributed by atoms with Crippen molar-refractivity contribution in [1.29, 1.82) is 5.26 Å². The van der Waals surface area contributed by atoms with Gasteiger partial charge in [0.15, 0.2) is 0 Å². The molecule has 6 nitrogen and oxygen atoms in total. The van der Waals surface area contributed by atoms with E-state index in [2.05, 4.69) is 32.3 Å². The smallest absolute Gasteiger partial charge is 0.291 e. The molecule has 0 bridgehead atoms. The van der Waals surface area contributed by atoms with Gasteiger partial charge in [0.05, 0.1) is 21.0 Å². The maximum atomic E-state index is 10.8. The minimum absolute atomic E-state index is 0.0224. The zero-order valence-corrected chi connectivity index (χ0v) is 12.7. The number of pyridine rings is 1. The van der Waals surface area contributed by atoms with E-state index in [1.807, 2.05) is 12.1 Å². The number of benzene rings is 1. The number of halogens is 1. The summed E-state index contributed by atoms with van der Waals surface area (Å²) >= 11 is 3.32. The first kappa shape index (κ1) is 14.9. The summed E-state index contributed by atoms with van der Waals surface area (Å²) in [5.74, 6) is 0.544. The SMILES string of the molecule is Cc1c([N+](=O)[O-])cnc(NCc2ccc(C#N)cc2)c1Br. The van der Waals surface area contributed by atoms with E-state index < -0.39 is 4.92 Å². The van der Waals surface area contributed by atoms with Gasteiger partial charge in [0.25, 0.3) is 5.69 Å². The van der Waals surface area contributed by atoms with Gasteiger partial charge in [0, 0.05) is 12.1 Å². The van der Waals surface area contributed by atoms with Crippen LogP contribution in [0.25, 0.3) is 0 Å². The predicted molar refractivity (Wildman–Crippen MR) is 81.8 cm³/mol. The lowest BCUT2D eigenvalue weighted by Crippen LogP contribution is -2.04. The van der Waals surface area contributed by atoms with E-state index in [1.54, 1.807) is 19.1 Å². The van der Waals surface area contributed by atoms with Crippen LogP contribution in [-0.4, -0.2) is 9.91 Å². The number of nitrogens with zero attached hydrogens (tertiary/aromatic N) is 3. The Morgan fingerprint density at radius 2 is 2.10 bits per heavy atom. The Hall–Kier alpha value is -2.46. The normalized spacial score (nSPS) is 9.95. The molecule has 1 heterocycles. The summed E-state index contributed by atoms with van der Waals surface area (Å²) in [4.78, 5) is 14.4. The van der Waals surface area contributed by atoms with Crippen molar-refractivity contribution >= 4 is 27.4 Å². The van der Waals surface area contributed by atoms with Gasteiger partial charge in [0.2, 0.25) is 0 Å². The van der Waals surface area contributed by atoms with Crippen molar-refractivity contribution in [3.8, 4) is 6.07 Å². The van der Waals surface area contributed by atoms with Gasteiger partial charge >= 0.3 is 0 Å². The molecule has 0 fully saturated rings. The van der Waals surface area contributed by atoms with Gasteiger partial charge in [-0.1, -0.05) is 12.1 Å². The topological polar surface area (TPSA) is 91.8 Å². The third kappa shape index (κ3) is 3.35. The molecule has 0 saturated carbocycles. The molecule has 0 aliphatic heterocycles. The first-order valence-electron chi connectivity index (χ1n) is 6.05. The van der Waals surface area contributed by atoms with Crippen molar-refractivity contribution in [2.45, 2.75) is 13.5 Å². The van der Waals surface area contributed by atoms with E-state index in [-0.39, 0.29) is 5.69 Å². The van der Waals surface area contributed by atoms with E-state index in [9.17, 15) is 10.1 Å². The molecule has 0 aliphatic rings. The first-order chi connectivity index (χ1) is 10.0. The summed E-state index contributed by atoms with van der Waals surface area (Å²) in [6.45, 7) is 2.17. The molecule has 106 valence electrons. The van der Waals surface area contributed by atoms with E-state index in [4.69, 9.17) is 5.26 Å². The number of anilines is 1. The third-order valence-corrected chi connectivity index (χ3v) is 3.95. The maximum Gasteiger partial charge on any atom is 0.291 e. The average molecular weight is 347 g/mol. The molecule has 0 atom stereocenters. The summed E-state index contributed by atoms with van der Waals surface area (Å²) in [6.07, 6.45) is 1.24. The van der Waals surface area contributed by atoms with Crippen molar-refractivity contribution in [1.82, 2.24) is 4.98 Å². The molecule has 1 N–H and O–H groups in total. The Bertz CT molecular complexity index is 723. The summed E-state index contributed by atoms with van der Waals surface area (Å²) in [5, 5.41) is 22.7. The maximum absolute atomic E-state index is 10.8. The second kappa shape index (κ2) is 6.33. The number of rotatable bonds is 4. The van der Waals surface area contributed by atoms with Crippen LogP contribution in [-0.2, 0) is 6.54 Å². The van der Waals surface area contributed by atoms with Crippen LogP contribution in [0.3, 0.4) is 0 Å². The van der Waals surface area contributed by atoms with E-state index in [1.165, 1.54) is 6.20 Å². The number of nitriles is 1. The van der Waals surface area contributed by atoms with Crippen molar-refractivity contribution in [3.05, 3.63) is 61.7 Å². The van der Waals surface area contributed by atoms with Crippen LogP contribution in [0.5, 0.6) is 0 Å². The Labute approximate surface area is 129 Å². The monoisotopic (exact) mass is 346 g/mol. The molecular formula is C14H11BrN4O2. The van der Waals surface area contributed by atoms with Gasteiger partial charge < -0.3 is 5.32 Å². The number of nitro groups is 1. The summed E-state index contributed by atoms with van der Waals surface area (Å²) < 4.78 is 0.574. The van der Waals surface area contributed by atoms with Gasteiger partial charge in [-0.05, 0) is 40.5 Å². The van der Waals surface area contributed by atoms with E-state index in [0.717, 1.165) is 5.56 Å². The van der Waals surface area contributed by atoms with Crippen LogP contribution < -0.4 is 5.32 Å². The minimum atomic E-state index is -0.461. The van der Waals surface area contributed by atoms with Crippen molar-refractivity contribution < 1.29 is 4.92 Å². The first-order valence-corrected chi connectivity index (χ1v) is 6.84. The molecule has 1 aromatic heterocycles. The van der Waals surface area contributed by atoms with Gasteiger partial charge in [-0.3, -0.25) is 10.1 Å². The summed E-state index contributed by atoms with van der Waals surface area (Å²) in [5.41, 5.74) is 2.09. The highest BCUT2D eigenvalue weighted by Gasteiger charge is 2.16. The van der Waals surface area contributed by atoms with Crippen LogP contribution in [0.15, 0.2) is 34.9 Å². The summed E-state index contributed by atoms with van der Waals surface area (Å²) in [6, 6.07) is 9.22. The predicted octanol–water partition coefficient (Wildman–Crippen LogP) is 3.54. The molecule has 0 unspecified atom stereocenters. The third-order valence-electron chi connectivity index (χ3n) is 2.98. The largest absolute Gasteiger partial charge is 0.365 e. The number of hydrogen-bond donors (Lipinski definition) is 1. The Morgan fingerprint density at radius 3 is 2.67 bits per heavy atom. The van der Waals surface area contributed by atoms with Crippen molar-refractivity contribution in [3.63, 3.8) is 0 Å². The number of aromatic nitrogens is 1. The zero-order valence-electron chi connectivity index (χ0n) is 11.1. The Morgan fingerprint density at radius 1 is 1.43 bits per heavy atom. The standard InChI is InChI=1S/C14H11BrN4O2/c1-9-12(19(20)21)8-18-14(13(9)15)17-7-11-4-2-10(6-16)3-5-11/h2-5,8H,7H2,1H3,(H,17,18). The highest BCUT2D eigenvalue weighted by molar-refractivity contribution is 9.10. The molecule has 1 aromatic carbocycles. The fourth-order valence-electron chi connectivity index (χ4n) is 1.76. The molecular weight excluding hydrogens is 336 g/mol. The van der Waals surface area contributed by atoms with Crippen LogP contribution in [0, 0.1) is 28.4 Å². The van der Waals surface area contributed by atoms with Crippen LogP contribution >= 0.6 is 15.9 Å². The van der Waals surface area contributed by atoms with E-state index >= 15 is 0 Å². The lowest BCUT2D eigenvalue weighted by molar-refractivity contribution is -0.385. The molecule has 2 rings (SSSR count). The number of nitrogens with one attached hydrogen (secondary N) is 1. The van der Waals surface area contributed by atoms with Crippen molar-refractivity contribution in [2.75, 3.05) is 5.32 Å². The fourth-order valence-corrected chi connectivity index (χ4v) is 2.21. The summed E-state index contributed by atoms with van der Waals surface area (Å²) in [7, 11) is 0. The molecule has 0 aliphatic carbocycles. The van der Waals surface area contributed by atoms with Crippen LogP contribution in [0.1, 0.15) is 16.7 Å². The number of hydrogen-bond acceptors (Lipinski definition) is 5. The quantitative estimate of drug-likeness (QED) is 0.675. The lowest BCUT2D eigenvalue weighted by Gasteiger charge is -2.09. The molecule has 7 heteroatoms. The van der Waals surface area contributed by atoms with Crippen LogP contribution in [0.4, 0.5) is 11.5 Å². The zero-order chi connectivity index (χ0) is 15.4. The second-order valence-corrected chi connectivity index (χ2v) is 5.14. The molecule has 0 radical (unpaired) electrons. The van der Waals surface area contributed by atoms with Gasteiger partial charge in [-0.2, -0.15) is 5.26 Å². The Balaban J connectivity index is 2.15. The van der Waals surface area contributed by atoms with Gasteiger partial charge in [-0.15, -0.1) is 0 Å². The second-order valence-electron chi connectivity index (χ2n) is 4.35. The van der Waals surface area contributed by atoms with E-state index in [0.29, 0.717) is 28.0 Å². The molecule has 2 aromatic rings. The fraction of sp³-hybridized carbons (Fsp3) is 0.143. The highest BCUT2D eigenvalue weighted by atomic mass is 79.9. The molecule has 0 amide bonds. The highest BCUT2D eigenvalue weighted by Crippen LogP contribution is 2.30. The molecule has 0 saturated heterocycles. The average Bonchev–Trinajstić information content (AvgIpc) is 2.49.